The largest absolute Gasteiger partial charge is 0.388 e. The molecule has 0 aliphatic carbocycles. The van der Waals surface area contributed by atoms with Crippen LogP contribution in [0.1, 0.15) is 6.92 Å². The summed E-state index contributed by atoms with van der Waals surface area (Å²) in [6, 6.07) is 0. The van der Waals surface area contributed by atoms with Gasteiger partial charge in [0.1, 0.15) is 11.7 Å². The van der Waals surface area contributed by atoms with Crippen LogP contribution in [0, 0.1) is 0 Å². The van der Waals surface area contributed by atoms with E-state index in [-0.39, 0.29) is 13.2 Å². The second kappa shape index (κ2) is 1.69. The molecule has 2 N–H and O–H groups in total. The minimum absolute atomic E-state index is 0.244. The smallest absolute Gasteiger partial charge is 0.113 e. The molecule has 0 amide bonds. The molecule has 1 heterocycles. The van der Waals surface area contributed by atoms with Crippen molar-refractivity contribution in [3.8, 4) is 0 Å². The van der Waals surface area contributed by atoms with Crippen LogP contribution >= 0.6 is 0 Å². The van der Waals surface area contributed by atoms with Crippen LogP contribution in [-0.2, 0) is 4.74 Å². The topological polar surface area (TPSA) is 49.7 Å². The summed E-state index contributed by atoms with van der Waals surface area (Å²) in [5.41, 5.74) is -1.01. The van der Waals surface area contributed by atoms with E-state index in [1.54, 1.807) is 6.92 Å². The number of hydrogen-bond donors (Lipinski definition) is 2. The highest BCUT2D eigenvalue weighted by Gasteiger charge is 2.36. The van der Waals surface area contributed by atoms with Crippen molar-refractivity contribution in [2.75, 3.05) is 13.2 Å². The standard InChI is InChI=1S/C5H10O3/c1-5(7)3-8-2-4(5)6/h4,6-7H,2-3H2,1H3. The van der Waals surface area contributed by atoms with Crippen LogP contribution in [0.4, 0.5) is 0 Å². The lowest BCUT2D eigenvalue weighted by atomic mass is 10.0. The Morgan fingerprint density at radius 1 is 1.75 bits per heavy atom. The van der Waals surface area contributed by atoms with Gasteiger partial charge in [0, 0.05) is 0 Å². The second-order valence-corrected chi connectivity index (χ2v) is 2.39. The van der Waals surface area contributed by atoms with Crippen molar-refractivity contribution < 1.29 is 14.9 Å². The maximum absolute atomic E-state index is 9.09. The van der Waals surface area contributed by atoms with Crippen molar-refractivity contribution in [3.05, 3.63) is 0 Å². The molecular formula is C5H10O3. The highest BCUT2D eigenvalue weighted by molar-refractivity contribution is 4.85. The first-order valence-electron chi connectivity index (χ1n) is 2.61. The first kappa shape index (κ1) is 6.01. The molecule has 1 aliphatic heterocycles. The third kappa shape index (κ3) is 0.844. The summed E-state index contributed by atoms with van der Waals surface area (Å²) in [4.78, 5) is 0. The lowest BCUT2D eigenvalue weighted by molar-refractivity contribution is -0.0274. The Balaban J connectivity index is 2.54. The van der Waals surface area contributed by atoms with E-state index < -0.39 is 11.7 Å². The molecule has 3 nitrogen and oxygen atoms in total. The summed E-state index contributed by atoms with van der Waals surface area (Å²) < 4.78 is 4.77. The molecule has 0 aromatic heterocycles. The van der Waals surface area contributed by atoms with E-state index in [2.05, 4.69) is 0 Å². The summed E-state index contributed by atoms with van der Waals surface area (Å²) in [6.45, 7) is 2.06. The van der Waals surface area contributed by atoms with E-state index in [9.17, 15) is 0 Å². The lowest BCUT2D eigenvalue weighted by Crippen LogP contribution is -2.37. The van der Waals surface area contributed by atoms with Crippen LogP contribution in [0.2, 0.25) is 0 Å². The van der Waals surface area contributed by atoms with E-state index in [0.29, 0.717) is 0 Å². The molecule has 0 saturated carbocycles. The lowest BCUT2D eigenvalue weighted by Gasteiger charge is -2.16. The summed E-state index contributed by atoms with van der Waals surface area (Å²) in [5, 5.41) is 18.0. The van der Waals surface area contributed by atoms with Crippen LogP contribution in [0.15, 0.2) is 0 Å². The van der Waals surface area contributed by atoms with Crippen molar-refractivity contribution in [1.82, 2.24) is 0 Å². The Morgan fingerprint density at radius 3 is 2.50 bits per heavy atom. The van der Waals surface area contributed by atoms with Gasteiger partial charge in [-0.25, -0.2) is 0 Å². The molecule has 1 fully saturated rings. The molecule has 3 heteroatoms. The average Bonchev–Trinajstić information content (AvgIpc) is 1.86. The van der Waals surface area contributed by atoms with Gasteiger partial charge in [-0.05, 0) is 6.92 Å². The molecule has 0 aromatic rings. The molecule has 8 heavy (non-hydrogen) atoms. The summed E-state index contributed by atoms with van der Waals surface area (Å²) in [5.74, 6) is 0. The fourth-order valence-electron chi connectivity index (χ4n) is 0.653. The molecule has 0 spiro atoms. The third-order valence-corrected chi connectivity index (χ3v) is 1.39. The molecule has 1 aliphatic rings. The van der Waals surface area contributed by atoms with Gasteiger partial charge in [-0.1, -0.05) is 0 Å². The zero-order valence-corrected chi connectivity index (χ0v) is 4.79. The number of aliphatic hydroxyl groups excluding tert-OH is 1. The SMILES string of the molecule is CC1(O)COCC1O. The van der Waals surface area contributed by atoms with E-state index in [4.69, 9.17) is 14.9 Å². The average molecular weight is 118 g/mol. The first-order valence-corrected chi connectivity index (χ1v) is 2.61. The van der Waals surface area contributed by atoms with Gasteiger partial charge < -0.3 is 14.9 Å². The molecule has 2 unspecified atom stereocenters. The maximum Gasteiger partial charge on any atom is 0.113 e. The van der Waals surface area contributed by atoms with Crippen molar-refractivity contribution in [2.24, 2.45) is 0 Å². The van der Waals surface area contributed by atoms with Gasteiger partial charge in [-0.3, -0.25) is 0 Å². The minimum Gasteiger partial charge on any atom is -0.388 e. The first-order chi connectivity index (χ1) is 3.63. The predicted molar refractivity (Wildman–Crippen MR) is 27.4 cm³/mol. The number of rotatable bonds is 0. The van der Waals surface area contributed by atoms with E-state index >= 15 is 0 Å². The zero-order valence-electron chi connectivity index (χ0n) is 4.79. The highest BCUT2D eigenvalue weighted by Crippen LogP contribution is 2.16. The van der Waals surface area contributed by atoms with E-state index in [0.717, 1.165) is 0 Å². The van der Waals surface area contributed by atoms with Gasteiger partial charge in [-0.15, -0.1) is 0 Å². The molecular weight excluding hydrogens is 108 g/mol. The van der Waals surface area contributed by atoms with Crippen molar-refractivity contribution >= 4 is 0 Å². The van der Waals surface area contributed by atoms with Crippen molar-refractivity contribution in [3.63, 3.8) is 0 Å². The maximum atomic E-state index is 9.09. The van der Waals surface area contributed by atoms with Crippen molar-refractivity contribution in [2.45, 2.75) is 18.6 Å². The van der Waals surface area contributed by atoms with Gasteiger partial charge in [0.15, 0.2) is 0 Å². The molecule has 0 aromatic carbocycles. The monoisotopic (exact) mass is 118 g/mol. The molecule has 1 saturated heterocycles. The second-order valence-electron chi connectivity index (χ2n) is 2.39. The number of hydrogen-bond acceptors (Lipinski definition) is 3. The fourth-order valence-corrected chi connectivity index (χ4v) is 0.653. The van der Waals surface area contributed by atoms with E-state index in [1.807, 2.05) is 0 Å². The molecule has 2 atom stereocenters. The van der Waals surface area contributed by atoms with Gasteiger partial charge in [0.2, 0.25) is 0 Å². The number of ether oxygens (including phenoxy) is 1. The van der Waals surface area contributed by atoms with Crippen molar-refractivity contribution in [1.29, 1.82) is 0 Å². The van der Waals surface area contributed by atoms with Crippen LogP contribution < -0.4 is 0 Å². The zero-order chi connectivity index (χ0) is 6.20. The fraction of sp³-hybridized carbons (Fsp3) is 1.00. The van der Waals surface area contributed by atoms with Crippen LogP contribution in [0.5, 0.6) is 0 Å². The minimum atomic E-state index is -1.01. The highest BCUT2D eigenvalue weighted by atomic mass is 16.5. The quantitative estimate of drug-likeness (QED) is 0.434. The van der Waals surface area contributed by atoms with Gasteiger partial charge in [0.05, 0.1) is 13.2 Å². The summed E-state index contributed by atoms with van der Waals surface area (Å²) in [6.07, 6.45) is -0.706. The molecule has 0 bridgehead atoms. The Hall–Kier alpha value is -0.120. The number of aliphatic hydroxyl groups is 2. The normalized spacial score (nSPS) is 47.6. The molecule has 48 valence electrons. The predicted octanol–water partition coefficient (Wildman–Crippen LogP) is -0.872. The summed E-state index contributed by atoms with van der Waals surface area (Å²) in [7, 11) is 0. The van der Waals surface area contributed by atoms with E-state index in [1.165, 1.54) is 0 Å². The Morgan fingerprint density at radius 2 is 2.38 bits per heavy atom. The Labute approximate surface area is 47.9 Å². The Bertz CT molecular complexity index is 89.7. The Kier molecular flexibility index (Phi) is 1.27. The molecule has 1 rings (SSSR count). The van der Waals surface area contributed by atoms with Gasteiger partial charge in [0.25, 0.3) is 0 Å². The van der Waals surface area contributed by atoms with Crippen LogP contribution in [0.3, 0.4) is 0 Å². The van der Waals surface area contributed by atoms with Crippen LogP contribution in [0.25, 0.3) is 0 Å². The van der Waals surface area contributed by atoms with Crippen LogP contribution in [-0.4, -0.2) is 35.1 Å². The van der Waals surface area contributed by atoms with Gasteiger partial charge >= 0.3 is 0 Å². The van der Waals surface area contributed by atoms with Gasteiger partial charge in [-0.2, -0.15) is 0 Å². The molecule has 0 radical (unpaired) electrons. The third-order valence-electron chi connectivity index (χ3n) is 1.39. The summed E-state index contributed by atoms with van der Waals surface area (Å²) >= 11 is 0.